The Hall–Kier alpha value is -2.63. The number of nitrogens with zero attached hydrogens (tertiary/aromatic N) is 4. The predicted molar refractivity (Wildman–Crippen MR) is 96.2 cm³/mol. The topological polar surface area (TPSA) is 69.7 Å². The van der Waals surface area contributed by atoms with Crippen LogP contribution in [0.1, 0.15) is 38.1 Å². The lowest BCUT2D eigenvalue weighted by molar-refractivity contribution is 0.573. The maximum Gasteiger partial charge on any atom is 0.134 e. The van der Waals surface area contributed by atoms with Gasteiger partial charge in [0.2, 0.25) is 0 Å². The second kappa shape index (κ2) is 6.47. The number of aromatic amines is 1. The minimum atomic E-state index is 0.0431. The van der Waals surface area contributed by atoms with Crippen LogP contribution in [0.15, 0.2) is 36.7 Å². The van der Waals surface area contributed by atoms with E-state index in [0.29, 0.717) is 0 Å². The molecule has 1 atom stereocenters. The van der Waals surface area contributed by atoms with Crippen LogP contribution in [0.3, 0.4) is 0 Å². The number of hydrogen-bond acceptors (Lipinski definition) is 5. The molecule has 3 aromatic rings. The molecule has 4 rings (SSSR count). The zero-order valence-corrected chi connectivity index (χ0v) is 13.9. The number of benzene rings is 1. The summed E-state index contributed by atoms with van der Waals surface area (Å²) >= 11 is 0. The number of hydrogen-bond donors (Lipinski definition) is 2. The highest BCUT2D eigenvalue weighted by molar-refractivity contribution is 5.74. The summed E-state index contributed by atoms with van der Waals surface area (Å²) in [6.07, 6.45) is 5.43. The molecule has 124 valence electrons. The first-order valence-corrected chi connectivity index (χ1v) is 8.58. The van der Waals surface area contributed by atoms with Gasteiger partial charge >= 0.3 is 0 Å². The van der Waals surface area contributed by atoms with E-state index in [9.17, 15) is 0 Å². The minimum absolute atomic E-state index is 0.0431. The monoisotopic (exact) mass is 322 g/mol. The molecule has 1 aliphatic rings. The van der Waals surface area contributed by atoms with Gasteiger partial charge in [-0.3, -0.25) is 0 Å². The van der Waals surface area contributed by atoms with Crippen LogP contribution in [0.2, 0.25) is 0 Å². The van der Waals surface area contributed by atoms with Crippen LogP contribution >= 0.6 is 0 Å². The van der Waals surface area contributed by atoms with Crippen LogP contribution in [0.25, 0.3) is 11.0 Å². The summed E-state index contributed by atoms with van der Waals surface area (Å²) < 4.78 is 0. The molecule has 1 unspecified atom stereocenters. The molecule has 0 aliphatic carbocycles. The molecular weight excluding hydrogens is 300 g/mol. The lowest BCUT2D eigenvalue weighted by Gasteiger charge is -2.27. The van der Waals surface area contributed by atoms with Gasteiger partial charge in [0.1, 0.15) is 23.8 Å². The minimum Gasteiger partial charge on any atom is -0.360 e. The summed E-state index contributed by atoms with van der Waals surface area (Å²) in [6, 6.07) is 10.1. The lowest BCUT2D eigenvalue weighted by atomic mass is 10.1. The first-order valence-electron chi connectivity index (χ1n) is 8.58. The number of para-hydroxylation sites is 2. The van der Waals surface area contributed by atoms with Crippen molar-refractivity contribution in [2.75, 3.05) is 23.3 Å². The summed E-state index contributed by atoms with van der Waals surface area (Å²) in [4.78, 5) is 19.1. The number of anilines is 2. The Labute approximate surface area is 141 Å². The van der Waals surface area contributed by atoms with Crippen molar-refractivity contribution in [2.45, 2.75) is 32.2 Å². The fraction of sp³-hybridized carbons (Fsp3) is 0.389. The zero-order chi connectivity index (χ0) is 16.4. The van der Waals surface area contributed by atoms with Gasteiger partial charge in [-0.2, -0.15) is 0 Å². The molecule has 1 saturated heterocycles. The van der Waals surface area contributed by atoms with Crippen LogP contribution < -0.4 is 10.2 Å². The van der Waals surface area contributed by atoms with Crippen LogP contribution in [0.5, 0.6) is 0 Å². The third kappa shape index (κ3) is 3.04. The molecule has 0 bridgehead atoms. The van der Waals surface area contributed by atoms with Crippen LogP contribution in [-0.2, 0) is 0 Å². The first kappa shape index (κ1) is 14.9. The van der Waals surface area contributed by atoms with Gasteiger partial charge in [0.25, 0.3) is 0 Å². The molecule has 2 aromatic heterocycles. The Morgan fingerprint density at radius 2 is 1.96 bits per heavy atom. The Kier molecular flexibility index (Phi) is 4.02. The van der Waals surface area contributed by atoms with E-state index >= 15 is 0 Å². The fourth-order valence-electron chi connectivity index (χ4n) is 3.19. The third-order valence-corrected chi connectivity index (χ3v) is 4.51. The number of piperidine rings is 1. The van der Waals surface area contributed by atoms with Crippen molar-refractivity contribution >= 4 is 22.7 Å². The summed E-state index contributed by atoms with van der Waals surface area (Å²) in [5, 5.41) is 3.43. The Balaban J connectivity index is 1.51. The molecule has 1 fully saturated rings. The zero-order valence-electron chi connectivity index (χ0n) is 13.9. The first-order chi connectivity index (χ1) is 11.8. The van der Waals surface area contributed by atoms with Gasteiger partial charge in [0, 0.05) is 19.2 Å². The number of H-pyrrole nitrogens is 1. The number of nitrogens with one attached hydrogen (secondary N) is 2. The van der Waals surface area contributed by atoms with Gasteiger partial charge in [-0.25, -0.2) is 15.0 Å². The smallest absolute Gasteiger partial charge is 0.134 e. The summed E-state index contributed by atoms with van der Waals surface area (Å²) in [7, 11) is 0. The molecule has 1 aromatic carbocycles. The molecule has 0 amide bonds. The second-order valence-corrected chi connectivity index (χ2v) is 6.31. The maximum atomic E-state index is 4.65. The average molecular weight is 322 g/mol. The highest BCUT2D eigenvalue weighted by Crippen LogP contribution is 2.22. The van der Waals surface area contributed by atoms with Gasteiger partial charge < -0.3 is 15.2 Å². The van der Waals surface area contributed by atoms with Crippen molar-refractivity contribution < 1.29 is 0 Å². The van der Waals surface area contributed by atoms with E-state index in [0.717, 1.165) is 41.6 Å². The molecule has 0 spiro atoms. The van der Waals surface area contributed by atoms with Crippen molar-refractivity contribution in [1.29, 1.82) is 0 Å². The van der Waals surface area contributed by atoms with Gasteiger partial charge in [-0.05, 0) is 38.3 Å². The van der Waals surface area contributed by atoms with Gasteiger partial charge in [0.15, 0.2) is 0 Å². The van der Waals surface area contributed by atoms with E-state index in [1.54, 1.807) is 6.33 Å². The SMILES string of the molecule is CC(Nc1cc(N2CCCCC2)ncn1)c1nc2ccccc2[nH]1. The quantitative estimate of drug-likeness (QED) is 0.769. The molecule has 3 heterocycles. The molecule has 6 nitrogen and oxygen atoms in total. The largest absolute Gasteiger partial charge is 0.360 e. The highest BCUT2D eigenvalue weighted by Gasteiger charge is 2.15. The fourth-order valence-corrected chi connectivity index (χ4v) is 3.19. The van der Waals surface area contributed by atoms with E-state index in [2.05, 4.69) is 37.1 Å². The Morgan fingerprint density at radius 3 is 2.79 bits per heavy atom. The van der Waals surface area contributed by atoms with Gasteiger partial charge in [-0.1, -0.05) is 12.1 Å². The van der Waals surface area contributed by atoms with Crippen LogP contribution in [-0.4, -0.2) is 33.0 Å². The Bertz CT molecular complexity index is 788. The standard InChI is InChI=1S/C18H22N6/c1-13(18-22-14-7-3-4-8-15(14)23-18)21-16-11-17(20-12-19-16)24-9-5-2-6-10-24/h3-4,7-8,11-13H,2,5-6,9-10H2,1H3,(H,22,23)(H,19,20,21). The molecule has 0 saturated carbocycles. The second-order valence-electron chi connectivity index (χ2n) is 6.31. The van der Waals surface area contributed by atoms with E-state index in [1.165, 1.54) is 19.3 Å². The van der Waals surface area contributed by atoms with Crippen molar-refractivity contribution in [3.05, 3.63) is 42.5 Å². The summed E-state index contributed by atoms with van der Waals surface area (Å²) in [6.45, 7) is 4.24. The van der Waals surface area contributed by atoms with Gasteiger partial charge in [-0.15, -0.1) is 0 Å². The number of aromatic nitrogens is 4. The summed E-state index contributed by atoms with van der Waals surface area (Å²) in [5.74, 6) is 2.75. The van der Waals surface area contributed by atoms with E-state index in [1.807, 2.05) is 30.3 Å². The highest BCUT2D eigenvalue weighted by atomic mass is 15.2. The number of rotatable bonds is 4. The lowest BCUT2D eigenvalue weighted by Crippen LogP contribution is -2.30. The van der Waals surface area contributed by atoms with E-state index < -0.39 is 0 Å². The molecular formula is C18H22N6. The Morgan fingerprint density at radius 1 is 1.12 bits per heavy atom. The molecule has 1 aliphatic heterocycles. The average Bonchev–Trinajstić information content (AvgIpc) is 3.07. The third-order valence-electron chi connectivity index (χ3n) is 4.51. The van der Waals surface area contributed by atoms with Crippen molar-refractivity contribution in [2.24, 2.45) is 0 Å². The number of imidazole rings is 1. The molecule has 2 N–H and O–H groups in total. The van der Waals surface area contributed by atoms with E-state index in [4.69, 9.17) is 0 Å². The summed E-state index contributed by atoms with van der Waals surface area (Å²) in [5.41, 5.74) is 2.04. The van der Waals surface area contributed by atoms with E-state index in [-0.39, 0.29) is 6.04 Å². The van der Waals surface area contributed by atoms with Crippen molar-refractivity contribution in [1.82, 2.24) is 19.9 Å². The molecule has 6 heteroatoms. The van der Waals surface area contributed by atoms with Crippen LogP contribution in [0, 0.1) is 0 Å². The van der Waals surface area contributed by atoms with Crippen molar-refractivity contribution in [3.8, 4) is 0 Å². The molecule has 0 radical (unpaired) electrons. The molecule has 24 heavy (non-hydrogen) atoms. The van der Waals surface area contributed by atoms with Crippen LogP contribution in [0.4, 0.5) is 11.6 Å². The number of fused-ring (bicyclic) bond motifs is 1. The van der Waals surface area contributed by atoms with Crippen molar-refractivity contribution in [3.63, 3.8) is 0 Å². The van der Waals surface area contributed by atoms with Gasteiger partial charge in [0.05, 0.1) is 17.1 Å². The predicted octanol–water partition coefficient (Wildman–Crippen LogP) is 3.52. The normalized spacial score (nSPS) is 16.3. The maximum absolute atomic E-state index is 4.65.